The molecule has 0 heterocycles. The fraction of sp³-hybridized carbons (Fsp3) is 0.500. The first kappa shape index (κ1) is 12.2. The van der Waals surface area contributed by atoms with Gasteiger partial charge in [-0.3, -0.25) is 0 Å². The van der Waals surface area contributed by atoms with Crippen LogP contribution in [-0.2, 0) is 6.18 Å². The van der Waals surface area contributed by atoms with Crippen LogP contribution in [0.15, 0.2) is 24.3 Å². The summed E-state index contributed by atoms with van der Waals surface area (Å²) in [6.45, 7) is 0. The third-order valence-electron chi connectivity index (χ3n) is 3.13. The molecule has 0 amide bonds. The van der Waals surface area contributed by atoms with Crippen LogP contribution in [0.2, 0.25) is 0 Å². The Morgan fingerprint density at radius 2 is 1.76 bits per heavy atom. The molecule has 0 saturated heterocycles. The van der Waals surface area contributed by atoms with E-state index in [4.69, 9.17) is 5.73 Å². The zero-order valence-corrected chi connectivity index (χ0v) is 9.30. The maximum atomic E-state index is 12.3. The summed E-state index contributed by atoms with van der Waals surface area (Å²) in [7, 11) is 0. The van der Waals surface area contributed by atoms with Gasteiger partial charge in [0.1, 0.15) is 0 Å². The van der Waals surface area contributed by atoms with Crippen LogP contribution < -0.4 is 11.1 Å². The molecular formula is C12H15F3N2. The molecule has 0 spiro atoms. The standard InChI is InChI=1S/C12H15F3N2/c13-12(14,15)8-4-6-9(7-5-8)17-11-3-1-2-10(11)16/h4-7,10-11,17H,1-3,16H2. The molecule has 0 aromatic heterocycles. The lowest BCUT2D eigenvalue weighted by molar-refractivity contribution is -0.137. The summed E-state index contributed by atoms with van der Waals surface area (Å²) >= 11 is 0. The molecule has 1 aromatic rings. The van der Waals surface area contributed by atoms with E-state index in [1.54, 1.807) is 0 Å². The van der Waals surface area contributed by atoms with Crippen LogP contribution in [0.3, 0.4) is 0 Å². The summed E-state index contributed by atoms with van der Waals surface area (Å²) in [5.41, 5.74) is 5.95. The minimum Gasteiger partial charge on any atom is -0.381 e. The normalized spacial score (nSPS) is 24.9. The Bertz CT molecular complexity index is 372. The van der Waals surface area contributed by atoms with E-state index in [1.165, 1.54) is 12.1 Å². The lowest BCUT2D eigenvalue weighted by Crippen LogP contribution is -2.35. The molecule has 94 valence electrons. The van der Waals surface area contributed by atoms with Gasteiger partial charge >= 0.3 is 6.18 Å². The highest BCUT2D eigenvalue weighted by Crippen LogP contribution is 2.30. The van der Waals surface area contributed by atoms with Gasteiger partial charge in [-0.15, -0.1) is 0 Å². The van der Waals surface area contributed by atoms with Gasteiger partial charge in [0.2, 0.25) is 0 Å². The maximum Gasteiger partial charge on any atom is 0.416 e. The summed E-state index contributed by atoms with van der Waals surface area (Å²) < 4.78 is 37.0. The number of nitrogens with one attached hydrogen (secondary N) is 1. The molecule has 2 unspecified atom stereocenters. The Hall–Kier alpha value is -1.23. The van der Waals surface area contributed by atoms with Crippen molar-refractivity contribution in [3.63, 3.8) is 0 Å². The largest absolute Gasteiger partial charge is 0.416 e. The molecule has 5 heteroatoms. The van der Waals surface area contributed by atoms with Crippen molar-refractivity contribution in [2.45, 2.75) is 37.5 Å². The van der Waals surface area contributed by atoms with Gasteiger partial charge in [0.25, 0.3) is 0 Å². The zero-order chi connectivity index (χ0) is 12.5. The lowest BCUT2D eigenvalue weighted by atomic mass is 10.1. The van der Waals surface area contributed by atoms with Gasteiger partial charge in [-0.1, -0.05) is 0 Å². The van der Waals surface area contributed by atoms with Crippen molar-refractivity contribution in [1.29, 1.82) is 0 Å². The highest BCUT2D eigenvalue weighted by molar-refractivity contribution is 5.46. The first-order chi connectivity index (χ1) is 7.97. The Labute approximate surface area is 98.0 Å². The van der Waals surface area contributed by atoms with E-state index in [2.05, 4.69) is 5.32 Å². The van der Waals surface area contributed by atoms with E-state index in [0.29, 0.717) is 5.69 Å². The third-order valence-corrected chi connectivity index (χ3v) is 3.13. The average molecular weight is 244 g/mol. The Kier molecular flexibility index (Phi) is 3.28. The number of halogens is 3. The number of benzene rings is 1. The van der Waals surface area contributed by atoms with Crippen molar-refractivity contribution < 1.29 is 13.2 Å². The SMILES string of the molecule is NC1CCCC1Nc1ccc(C(F)(F)F)cc1. The molecular weight excluding hydrogens is 229 g/mol. The molecule has 1 aromatic carbocycles. The molecule has 1 aliphatic carbocycles. The predicted octanol–water partition coefficient (Wildman–Crippen LogP) is 3.00. The van der Waals surface area contributed by atoms with Crippen molar-refractivity contribution in [3.05, 3.63) is 29.8 Å². The molecule has 1 aliphatic rings. The predicted molar refractivity (Wildman–Crippen MR) is 60.7 cm³/mol. The van der Waals surface area contributed by atoms with Gasteiger partial charge in [-0.25, -0.2) is 0 Å². The van der Waals surface area contributed by atoms with Crippen LogP contribution >= 0.6 is 0 Å². The van der Waals surface area contributed by atoms with Gasteiger partial charge in [-0.2, -0.15) is 13.2 Å². The number of alkyl halides is 3. The fourth-order valence-electron chi connectivity index (χ4n) is 2.14. The molecule has 0 radical (unpaired) electrons. The van der Waals surface area contributed by atoms with Crippen LogP contribution in [0, 0.1) is 0 Å². The average Bonchev–Trinajstić information content (AvgIpc) is 2.64. The minimum atomic E-state index is -4.28. The lowest BCUT2D eigenvalue weighted by Gasteiger charge is -2.19. The molecule has 0 aliphatic heterocycles. The van der Waals surface area contributed by atoms with E-state index >= 15 is 0 Å². The van der Waals surface area contributed by atoms with E-state index in [1.807, 2.05) is 0 Å². The second-order valence-electron chi connectivity index (χ2n) is 4.42. The first-order valence-electron chi connectivity index (χ1n) is 5.66. The van der Waals surface area contributed by atoms with Crippen LogP contribution in [0.4, 0.5) is 18.9 Å². The summed E-state index contributed by atoms with van der Waals surface area (Å²) in [6, 6.07) is 5.34. The number of rotatable bonds is 2. The smallest absolute Gasteiger partial charge is 0.381 e. The first-order valence-corrected chi connectivity index (χ1v) is 5.66. The Morgan fingerprint density at radius 3 is 2.24 bits per heavy atom. The number of anilines is 1. The van der Waals surface area contributed by atoms with Crippen LogP contribution in [0.5, 0.6) is 0 Å². The molecule has 2 atom stereocenters. The van der Waals surface area contributed by atoms with E-state index in [-0.39, 0.29) is 12.1 Å². The van der Waals surface area contributed by atoms with E-state index in [0.717, 1.165) is 31.4 Å². The van der Waals surface area contributed by atoms with E-state index in [9.17, 15) is 13.2 Å². The van der Waals surface area contributed by atoms with Gasteiger partial charge in [0.05, 0.1) is 5.56 Å². The Balaban J connectivity index is 2.03. The Morgan fingerprint density at radius 1 is 1.12 bits per heavy atom. The molecule has 1 saturated carbocycles. The summed E-state index contributed by atoms with van der Waals surface area (Å²) in [5, 5.41) is 3.18. The number of hydrogen-bond donors (Lipinski definition) is 2. The molecule has 0 bridgehead atoms. The highest BCUT2D eigenvalue weighted by atomic mass is 19.4. The zero-order valence-electron chi connectivity index (χ0n) is 9.30. The van der Waals surface area contributed by atoms with Crippen molar-refractivity contribution >= 4 is 5.69 Å². The van der Waals surface area contributed by atoms with Gasteiger partial charge < -0.3 is 11.1 Å². The van der Waals surface area contributed by atoms with Crippen LogP contribution in [0.1, 0.15) is 24.8 Å². The number of nitrogens with two attached hydrogens (primary N) is 1. The molecule has 2 nitrogen and oxygen atoms in total. The maximum absolute atomic E-state index is 12.3. The molecule has 1 fully saturated rings. The van der Waals surface area contributed by atoms with Crippen molar-refractivity contribution in [3.8, 4) is 0 Å². The molecule has 3 N–H and O–H groups in total. The van der Waals surface area contributed by atoms with Gasteiger partial charge in [0, 0.05) is 17.8 Å². The van der Waals surface area contributed by atoms with Crippen LogP contribution in [0.25, 0.3) is 0 Å². The third kappa shape index (κ3) is 2.91. The quantitative estimate of drug-likeness (QED) is 0.839. The van der Waals surface area contributed by atoms with Gasteiger partial charge in [-0.05, 0) is 43.5 Å². The van der Waals surface area contributed by atoms with Crippen LogP contribution in [-0.4, -0.2) is 12.1 Å². The highest BCUT2D eigenvalue weighted by Gasteiger charge is 2.30. The summed E-state index contributed by atoms with van der Waals surface area (Å²) in [4.78, 5) is 0. The van der Waals surface area contributed by atoms with E-state index < -0.39 is 11.7 Å². The van der Waals surface area contributed by atoms with Gasteiger partial charge in [0.15, 0.2) is 0 Å². The second kappa shape index (κ2) is 4.56. The summed E-state index contributed by atoms with van der Waals surface area (Å²) in [5.74, 6) is 0. The monoisotopic (exact) mass is 244 g/mol. The van der Waals surface area contributed by atoms with Crippen molar-refractivity contribution in [2.24, 2.45) is 5.73 Å². The van der Waals surface area contributed by atoms with Crippen molar-refractivity contribution in [1.82, 2.24) is 0 Å². The summed E-state index contributed by atoms with van der Waals surface area (Å²) in [6.07, 6.45) is -1.26. The molecule has 2 rings (SSSR count). The van der Waals surface area contributed by atoms with Crippen molar-refractivity contribution in [2.75, 3.05) is 5.32 Å². The minimum absolute atomic E-state index is 0.0947. The molecule has 17 heavy (non-hydrogen) atoms. The fourth-order valence-corrected chi connectivity index (χ4v) is 2.14. The topological polar surface area (TPSA) is 38.0 Å². The number of hydrogen-bond acceptors (Lipinski definition) is 2. The second-order valence-corrected chi connectivity index (χ2v) is 4.42.